The van der Waals surface area contributed by atoms with Gasteiger partial charge in [-0.1, -0.05) is 46.8 Å². The number of fused-ring (bicyclic) bond motifs is 2. The highest BCUT2D eigenvalue weighted by Gasteiger charge is 2.74. The maximum Gasteiger partial charge on any atom is 0.130 e. The fourth-order valence-corrected chi connectivity index (χ4v) is 9.54. The molecule has 2 aliphatic heterocycles. The second kappa shape index (κ2) is 8.14. The lowest BCUT2D eigenvalue weighted by Gasteiger charge is -2.69. The molecular weight excluding hydrogens is 428 g/mol. The van der Waals surface area contributed by atoms with Crippen LogP contribution in [0.4, 0.5) is 0 Å². The van der Waals surface area contributed by atoms with Crippen molar-refractivity contribution in [2.45, 2.75) is 115 Å². The van der Waals surface area contributed by atoms with Crippen molar-refractivity contribution in [1.82, 2.24) is 0 Å². The summed E-state index contributed by atoms with van der Waals surface area (Å²) in [5, 5.41) is 20.1. The number of aliphatic hydroxyl groups excluding tert-OH is 1. The Morgan fingerprint density at radius 1 is 1.09 bits per heavy atom. The van der Waals surface area contributed by atoms with Crippen LogP contribution in [0.3, 0.4) is 0 Å². The molecule has 0 aromatic heterocycles. The number of hydrogen-bond acceptors (Lipinski definition) is 5. The van der Waals surface area contributed by atoms with Gasteiger partial charge in [-0.25, -0.2) is 14.7 Å². The van der Waals surface area contributed by atoms with Gasteiger partial charge in [0.1, 0.15) is 16.8 Å². The van der Waals surface area contributed by atoms with Crippen LogP contribution in [0, 0.1) is 40.4 Å². The zero-order valence-corrected chi connectivity index (χ0v) is 21.9. The lowest BCUT2D eigenvalue weighted by molar-refractivity contribution is -0.497. The Kier molecular flexibility index (Phi) is 5.98. The molecule has 192 valence electrons. The summed E-state index contributed by atoms with van der Waals surface area (Å²) >= 11 is 0. The van der Waals surface area contributed by atoms with Crippen molar-refractivity contribution in [3.63, 3.8) is 0 Å². The summed E-state index contributed by atoms with van der Waals surface area (Å²) < 4.78 is 0. The second-order valence-corrected chi connectivity index (χ2v) is 13.3. The molecule has 10 atom stereocenters. The molecule has 4 aliphatic carbocycles. The third-order valence-electron chi connectivity index (χ3n) is 11.9. The van der Waals surface area contributed by atoms with Crippen molar-refractivity contribution in [3.05, 3.63) is 24.8 Å². The average Bonchev–Trinajstić information content (AvgIpc) is 3.18. The molecule has 2 bridgehead atoms. The van der Waals surface area contributed by atoms with Gasteiger partial charge in [0.05, 0.1) is 6.10 Å². The highest BCUT2D eigenvalue weighted by Crippen LogP contribution is 2.72. The first-order valence-corrected chi connectivity index (χ1v) is 13.7. The standard InChI is InChI=1S/C29H46O5/c1-7-27(32-31,19(2)3)15-10-20(4)22-8-9-23-25(22,5)13-12-24-26(6)14-11-21(30)18-28(26)16-17-29(23,24)34-33-28/h7,16-17,19-24,30-31H,1,8-15,18H2,2-6H3/t20-,21+,22-,23-,24-,25-,26-,27+,28-,29+/m1/s1. The third-order valence-corrected chi connectivity index (χ3v) is 11.9. The minimum Gasteiger partial charge on any atom is -0.393 e. The van der Waals surface area contributed by atoms with Gasteiger partial charge >= 0.3 is 0 Å². The van der Waals surface area contributed by atoms with E-state index in [-0.39, 0.29) is 28.5 Å². The van der Waals surface area contributed by atoms with E-state index in [1.165, 1.54) is 12.8 Å². The van der Waals surface area contributed by atoms with Gasteiger partial charge in [0.2, 0.25) is 0 Å². The van der Waals surface area contributed by atoms with E-state index in [1.54, 1.807) is 6.08 Å². The van der Waals surface area contributed by atoms with Crippen molar-refractivity contribution >= 4 is 0 Å². The zero-order valence-electron chi connectivity index (χ0n) is 21.9. The normalized spacial score (nSPS) is 49.8. The quantitative estimate of drug-likeness (QED) is 0.251. The minimum absolute atomic E-state index is 0.0174. The van der Waals surface area contributed by atoms with Crippen molar-refractivity contribution in [1.29, 1.82) is 0 Å². The molecule has 0 radical (unpaired) electrons. The molecule has 6 aliphatic rings. The Balaban J connectivity index is 1.39. The minimum atomic E-state index is -0.681. The largest absolute Gasteiger partial charge is 0.393 e. The SMILES string of the molecule is C=C[C@@](CC[C@@H](C)[C@H]1CC[C@@H]2[C@]1(C)CC[C@H]1[C@]23C=C[C@]2(C[C@@H](O)CC[C@]12C)OO3)(OO)C(C)C. The molecule has 4 fully saturated rings. The predicted molar refractivity (Wildman–Crippen MR) is 132 cm³/mol. The van der Waals surface area contributed by atoms with Crippen molar-refractivity contribution < 1.29 is 25.0 Å². The van der Waals surface area contributed by atoms with E-state index in [4.69, 9.17) is 14.7 Å². The first-order valence-electron chi connectivity index (χ1n) is 13.7. The maximum absolute atomic E-state index is 10.4. The van der Waals surface area contributed by atoms with Crippen LogP contribution in [0.1, 0.15) is 92.4 Å². The Bertz CT molecular complexity index is 840. The van der Waals surface area contributed by atoms with Crippen LogP contribution in [-0.2, 0) is 14.7 Å². The van der Waals surface area contributed by atoms with Crippen molar-refractivity contribution in [2.24, 2.45) is 40.4 Å². The summed E-state index contributed by atoms with van der Waals surface area (Å²) in [6, 6.07) is 0. The summed E-state index contributed by atoms with van der Waals surface area (Å²) in [5.41, 5.74) is -1.30. The Morgan fingerprint density at radius 3 is 2.47 bits per heavy atom. The van der Waals surface area contributed by atoms with E-state index < -0.39 is 11.2 Å². The molecule has 5 heteroatoms. The monoisotopic (exact) mass is 474 g/mol. The number of aliphatic hydroxyl groups is 1. The molecule has 6 rings (SSSR count). The highest BCUT2D eigenvalue weighted by molar-refractivity contribution is 5.33. The van der Waals surface area contributed by atoms with Crippen LogP contribution < -0.4 is 0 Å². The van der Waals surface area contributed by atoms with E-state index in [0.29, 0.717) is 30.1 Å². The van der Waals surface area contributed by atoms with Crippen molar-refractivity contribution in [2.75, 3.05) is 0 Å². The van der Waals surface area contributed by atoms with E-state index in [1.807, 2.05) is 0 Å². The van der Waals surface area contributed by atoms with Crippen LogP contribution in [0.15, 0.2) is 24.8 Å². The van der Waals surface area contributed by atoms with Crippen LogP contribution in [0.5, 0.6) is 0 Å². The van der Waals surface area contributed by atoms with Gasteiger partial charge < -0.3 is 5.11 Å². The topological polar surface area (TPSA) is 68.2 Å². The van der Waals surface area contributed by atoms with Crippen LogP contribution >= 0.6 is 0 Å². The number of hydrogen-bond donors (Lipinski definition) is 2. The lowest BCUT2D eigenvalue weighted by Crippen LogP contribution is -2.73. The van der Waals surface area contributed by atoms with Crippen LogP contribution in [0.2, 0.25) is 0 Å². The van der Waals surface area contributed by atoms with Gasteiger partial charge in [-0.15, -0.1) is 6.58 Å². The van der Waals surface area contributed by atoms with Gasteiger partial charge in [0.15, 0.2) is 0 Å². The summed E-state index contributed by atoms with van der Waals surface area (Å²) in [6.07, 6.45) is 15.1. The first kappa shape index (κ1) is 25.0. The molecule has 0 aromatic rings. The van der Waals surface area contributed by atoms with Crippen LogP contribution in [0.25, 0.3) is 0 Å². The molecule has 1 saturated heterocycles. The Morgan fingerprint density at radius 2 is 1.85 bits per heavy atom. The summed E-state index contributed by atoms with van der Waals surface area (Å²) in [5.74, 6) is 2.17. The van der Waals surface area contributed by atoms with E-state index >= 15 is 0 Å². The second-order valence-electron chi connectivity index (χ2n) is 13.3. The first-order chi connectivity index (χ1) is 16.0. The molecule has 2 N–H and O–H groups in total. The summed E-state index contributed by atoms with van der Waals surface area (Å²) in [6.45, 7) is 15.4. The molecule has 3 saturated carbocycles. The van der Waals surface area contributed by atoms with E-state index in [9.17, 15) is 10.4 Å². The fourth-order valence-electron chi connectivity index (χ4n) is 9.54. The third kappa shape index (κ3) is 3.09. The molecular formula is C29H46O5. The maximum atomic E-state index is 10.4. The smallest absolute Gasteiger partial charge is 0.130 e. The van der Waals surface area contributed by atoms with Gasteiger partial charge in [0.25, 0.3) is 0 Å². The predicted octanol–water partition coefficient (Wildman–Crippen LogP) is 6.48. The van der Waals surface area contributed by atoms with Crippen molar-refractivity contribution in [3.8, 4) is 0 Å². The van der Waals surface area contributed by atoms with E-state index in [2.05, 4.69) is 53.3 Å². The lowest BCUT2D eigenvalue weighted by atomic mass is 9.42. The van der Waals surface area contributed by atoms with Gasteiger partial charge in [0, 0.05) is 23.7 Å². The van der Waals surface area contributed by atoms with Crippen LogP contribution in [-0.4, -0.2) is 33.3 Å². The van der Waals surface area contributed by atoms with E-state index in [0.717, 1.165) is 38.5 Å². The molecule has 2 spiro atoms. The molecule has 0 unspecified atom stereocenters. The molecule has 0 amide bonds. The van der Waals surface area contributed by atoms with Gasteiger partial charge in [-0.2, -0.15) is 0 Å². The number of rotatable bonds is 7. The average molecular weight is 475 g/mol. The Labute approximate surface area is 205 Å². The molecule has 5 nitrogen and oxygen atoms in total. The van der Waals surface area contributed by atoms with Gasteiger partial charge in [-0.05, 0) is 80.6 Å². The highest BCUT2D eigenvalue weighted by atomic mass is 17.2. The zero-order chi connectivity index (χ0) is 24.6. The molecule has 0 aromatic carbocycles. The Hall–Kier alpha value is -0.720. The summed E-state index contributed by atoms with van der Waals surface area (Å²) in [7, 11) is 0. The molecule has 2 heterocycles. The summed E-state index contributed by atoms with van der Waals surface area (Å²) in [4.78, 5) is 17.8. The van der Waals surface area contributed by atoms with Gasteiger partial charge in [-0.3, -0.25) is 5.26 Å². The molecule has 34 heavy (non-hydrogen) atoms. The fraction of sp³-hybridized carbons (Fsp3) is 0.862.